The van der Waals surface area contributed by atoms with Crippen molar-refractivity contribution in [1.82, 2.24) is 4.72 Å². The van der Waals surface area contributed by atoms with E-state index in [2.05, 4.69) is 10.6 Å². The normalized spacial score (nSPS) is 11.8. The van der Waals surface area contributed by atoms with Crippen LogP contribution in [-0.4, -0.2) is 28.2 Å². The van der Waals surface area contributed by atoms with Crippen molar-refractivity contribution >= 4 is 10.0 Å². The lowest BCUT2D eigenvalue weighted by Gasteiger charge is -2.27. The van der Waals surface area contributed by atoms with Crippen molar-refractivity contribution in [1.29, 1.82) is 0 Å². The minimum Gasteiger partial charge on any atom is -0.497 e. The fourth-order valence-corrected chi connectivity index (χ4v) is 3.59. The summed E-state index contributed by atoms with van der Waals surface area (Å²) < 4.78 is 38.0. The van der Waals surface area contributed by atoms with Crippen LogP contribution in [0.5, 0.6) is 11.5 Å². The lowest BCUT2D eigenvalue weighted by atomic mass is 9.96. The fraction of sp³-hybridized carbons (Fsp3) is 0.467. The maximum absolute atomic E-state index is 12.6. The van der Waals surface area contributed by atoms with E-state index >= 15 is 0 Å². The number of rotatable bonds is 7. The molecule has 6 heteroatoms. The molecule has 1 N–H and O–H groups in total. The fourth-order valence-electron chi connectivity index (χ4n) is 1.93. The summed E-state index contributed by atoms with van der Waals surface area (Å²) in [6.07, 6.45) is 6.49. The van der Waals surface area contributed by atoms with Gasteiger partial charge in [0.25, 0.3) is 0 Å². The summed E-state index contributed by atoms with van der Waals surface area (Å²) in [6, 6.07) is 4.59. The number of ether oxygens (including phenoxy) is 2. The summed E-state index contributed by atoms with van der Waals surface area (Å²) in [5, 5.41) is 0. The lowest BCUT2D eigenvalue weighted by molar-refractivity contribution is 0.390. The van der Waals surface area contributed by atoms with E-state index in [0.29, 0.717) is 18.6 Å². The van der Waals surface area contributed by atoms with Crippen LogP contribution in [0.25, 0.3) is 0 Å². The van der Waals surface area contributed by atoms with Crippen LogP contribution in [0.15, 0.2) is 23.1 Å². The van der Waals surface area contributed by atoms with Crippen molar-refractivity contribution in [2.24, 2.45) is 0 Å². The molecule has 0 atom stereocenters. The van der Waals surface area contributed by atoms with Crippen LogP contribution in [0.1, 0.15) is 26.7 Å². The van der Waals surface area contributed by atoms with Crippen molar-refractivity contribution in [3.63, 3.8) is 0 Å². The Hall–Kier alpha value is -1.71. The molecule has 0 aromatic heterocycles. The zero-order valence-corrected chi connectivity index (χ0v) is 13.6. The van der Waals surface area contributed by atoms with Crippen molar-refractivity contribution in [3.8, 4) is 23.8 Å². The highest BCUT2D eigenvalue weighted by Gasteiger charge is 2.32. The molecule has 0 radical (unpaired) electrons. The molecule has 0 saturated heterocycles. The van der Waals surface area contributed by atoms with Gasteiger partial charge in [-0.25, -0.2) is 8.42 Å². The maximum Gasteiger partial charge on any atom is 0.245 e. The molecule has 1 rings (SSSR count). The highest BCUT2D eigenvalue weighted by Crippen LogP contribution is 2.29. The first kappa shape index (κ1) is 17.3. The van der Waals surface area contributed by atoms with Gasteiger partial charge in [0.05, 0.1) is 19.8 Å². The summed E-state index contributed by atoms with van der Waals surface area (Å²) in [4.78, 5) is 0.00544. The Morgan fingerprint density at radius 1 is 1.24 bits per heavy atom. The van der Waals surface area contributed by atoms with Crippen LogP contribution in [-0.2, 0) is 10.0 Å². The predicted octanol–water partition coefficient (Wildman–Crippen LogP) is 2.17. The lowest BCUT2D eigenvalue weighted by Crippen LogP contribution is -2.46. The summed E-state index contributed by atoms with van der Waals surface area (Å²) in [5.74, 6) is 3.21. The van der Waals surface area contributed by atoms with Crippen LogP contribution in [0.3, 0.4) is 0 Å². The van der Waals surface area contributed by atoms with Gasteiger partial charge in [-0.3, -0.25) is 0 Å². The number of benzene rings is 1. The molecular formula is C15H21NO4S. The monoisotopic (exact) mass is 311 g/mol. The van der Waals surface area contributed by atoms with Gasteiger partial charge in [0.2, 0.25) is 10.0 Å². The third kappa shape index (κ3) is 3.69. The molecule has 0 amide bonds. The highest BCUT2D eigenvalue weighted by atomic mass is 32.2. The second-order valence-electron chi connectivity index (χ2n) is 4.56. The molecular weight excluding hydrogens is 290 g/mol. The average molecular weight is 311 g/mol. The molecule has 1 aromatic carbocycles. The van der Waals surface area contributed by atoms with E-state index in [9.17, 15) is 8.42 Å². The second kappa shape index (κ2) is 6.83. The molecule has 0 spiro atoms. The summed E-state index contributed by atoms with van der Waals surface area (Å²) in [7, 11) is -0.948. The predicted molar refractivity (Wildman–Crippen MR) is 82.0 cm³/mol. The third-order valence-electron chi connectivity index (χ3n) is 3.47. The molecule has 0 fully saturated rings. The molecule has 116 valence electrons. The molecule has 0 aliphatic rings. The number of hydrogen-bond acceptors (Lipinski definition) is 4. The Bertz CT molecular complexity index is 628. The van der Waals surface area contributed by atoms with Crippen LogP contribution >= 0.6 is 0 Å². The molecule has 21 heavy (non-hydrogen) atoms. The van der Waals surface area contributed by atoms with Gasteiger partial charge in [0.1, 0.15) is 16.4 Å². The summed E-state index contributed by atoms with van der Waals surface area (Å²) in [5.41, 5.74) is -0.910. The van der Waals surface area contributed by atoms with Crippen molar-refractivity contribution in [2.75, 3.05) is 14.2 Å². The first-order chi connectivity index (χ1) is 9.87. The number of sulfonamides is 1. The van der Waals surface area contributed by atoms with Gasteiger partial charge in [-0.1, -0.05) is 19.8 Å². The Morgan fingerprint density at radius 2 is 1.86 bits per heavy atom. The molecule has 0 heterocycles. The van der Waals surface area contributed by atoms with E-state index in [0.717, 1.165) is 0 Å². The molecule has 1 aromatic rings. The average Bonchev–Trinajstić information content (AvgIpc) is 2.52. The second-order valence-corrected chi connectivity index (χ2v) is 6.21. The van der Waals surface area contributed by atoms with Crippen molar-refractivity contribution in [3.05, 3.63) is 18.2 Å². The smallest absolute Gasteiger partial charge is 0.245 e. The quantitative estimate of drug-likeness (QED) is 0.784. The van der Waals surface area contributed by atoms with Gasteiger partial charge >= 0.3 is 0 Å². The molecule has 5 nitrogen and oxygen atoms in total. The maximum atomic E-state index is 12.6. The Labute approximate surface area is 126 Å². The number of methoxy groups -OCH3 is 2. The molecule has 0 unspecified atom stereocenters. The summed E-state index contributed by atoms with van der Waals surface area (Å²) >= 11 is 0. The number of nitrogens with one attached hydrogen (secondary N) is 1. The van der Waals surface area contributed by atoms with E-state index in [-0.39, 0.29) is 10.6 Å². The largest absolute Gasteiger partial charge is 0.497 e. The minimum absolute atomic E-state index is 0.00544. The first-order valence-electron chi connectivity index (χ1n) is 6.61. The number of hydrogen-bond donors (Lipinski definition) is 1. The van der Waals surface area contributed by atoms with E-state index in [1.807, 2.05) is 13.8 Å². The van der Waals surface area contributed by atoms with E-state index in [4.69, 9.17) is 15.9 Å². The van der Waals surface area contributed by atoms with E-state index in [1.54, 1.807) is 12.1 Å². The minimum atomic E-state index is -3.83. The standard InChI is InChI=1S/C15H21NO4S/c1-6-15(7-2,8-3)16-21(17,18)14-11-12(19-4)9-10-13(14)20-5/h1,9-11,16H,7-8H2,2-5H3. The van der Waals surface area contributed by atoms with Crippen LogP contribution < -0.4 is 14.2 Å². The highest BCUT2D eigenvalue weighted by molar-refractivity contribution is 7.89. The van der Waals surface area contributed by atoms with Gasteiger partial charge < -0.3 is 9.47 Å². The Morgan fingerprint density at radius 3 is 2.29 bits per heavy atom. The van der Waals surface area contributed by atoms with Gasteiger partial charge in [0, 0.05) is 6.07 Å². The van der Waals surface area contributed by atoms with Gasteiger partial charge in [-0.15, -0.1) is 6.42 Å². The van der Waals surface area contributed by atoms with E-state index in [1.165, 1.54) is 20.3 Å². The zero-order valence-electron chi connectivity index (χ0n) is 12.8. The molecule has 0 aliphatic carbocycles. The van der Waals surface area contributed by atoms with E-state index < -0.39 is 15.6 Å². The van der Waals surface area contributed by atoms with Crippen LogP contribution in [0, 0.1) is 12.3 Å². The van der Waals surface area contributed by atoms with Crippen molar-refractivity contribution in [2.45, 2.75) is 37.1 Å². The Balaban J connectivity index is 3.34. The van der Waals surface area contributed by atoms with Crippen LogP contribution in [0.4, 0.5) is 0 Å². The van der Waals surface area contributed by atoms with Gasteiger partial charge in [0.15, 0.2) is 0 Å². The van der Waals surface area contributed by atoms with Crippen LogP contribution in [0.2, 0.25) is 0 Å². The molecule has 0 aliphatic heterocycles. The number of terminal acetylenes is 1. The van der Waals surface area contributed by atoms with Crippen molar-refractivity contribution < 1.29 is 17.9 Å². The third-order valence-corrected chi connectivity index (χ3v) is 5.03. The van der Waals surface area contributed by atoms with Gasteiger partial charge in [-0.05, 0) is 25.0 Å². The van der Waals surface area contributed by atoms with Gasteiger partial charge in [-0.2, -0.15) is 4.72 Å². The molecule has 0 saturated carbocycles. The summed E-state index contributed by atoms with van der Waals surface area (Å²) in [6.45, 7) is 3.68. The zero-order chi connectivity index (χ0) is 16.1. The topological polar surface area (TPSA) is 64.6 Å². The molecule has 0 bridgehead atoms. The first-order valence-corrected chi connectivity index (χ1v) is 8.10. The Kier molecular flexibility index (Phi) is 5.64. The SMILES string of the molecule is C#CC(CC)(CC)NS(=O)(=O)c1cc(OC)ccc1OC.